The Bertz CT molecular complexity index is 498. The first kappa shape index (κ1) is 17.9. The lowest BCUT2D eigenvalue weighted by Crippen LogP contribution is -2.47. The van der Waals surface area contributed by atoms with Gasteiger partial charge < -0.3 is 15.3 Å². The number of carbonyl (C=O) groups excluding carboxylic acids is 1. The Morgan fingerprint density at radius 3 is 2.52 bits per heavy atom. The Hall–Kier alpha value is -1.46. The van der Waals surface area contributed by atoms with Crippen LogP contribution in [0.1, 0.15) is 51.2 Å². The minimum Gasteiger partial charge on any atom is -0.388 e. The van der Waals surface area contributed by atoms with Crippen molar-refractivity contribution in [3.8, 4) is 0 Å². The zero-order chi connectivity index (χ0) is 16.8. The van der Waals surface area contributed by atoms with Gasteiger partial charge in [-0.25, -0.2) is 4.39 Å². The lowest BCUT2D eigenvalue weighted by molar-refractivity contribution is -0.131. The molecule has 2 rings (SSSR count). The number of carbonyl (C=O) groups is 1. The van der Waals surface area contributed by atoms with E-state index in [1.165, 1.54) is 12.1 Å². The van der Waals surface area contributed by atoms with Crippen LogP contribution in [0.25, 0.3) is 0 Å². The Morgan fingerprint density at radius 2 is 1.96 bits per heavy atom. The van der Waals surface area contributed by atoms with E-state index in [1.807, 2.05) is 11.8 Å². The molecule has 0 spiro atoms. The average molecular weight is 322 g/mol. The molecule has 1 aromatic carbocycles. The van der Waals surface area contributed by atoms with Gasteiger partial charge in [0.2, 0.25) is 5.91 Å². The maximum absolute atomic E-state index is 12.9. The highest BCUT2D eigenvalue weighted by Gasteiger charge is 2.23. The van der Waals surface area contributed by atoms with Gasteiger partial charge in [0, 0.05) is 31.6 Å². The zero-order valence-corrected chi connectivity index (χ0v) is 14.0. The number of rotatable bonds is 6. The fourth-order valence-corrected chi connectivity index (χ4v) is 3.15. The minimum atomic E-state index is -0.597. The number of benzene rings is 1. The van der Waals surface area contributed by atoms with E-state index >= 15 is 0 Å². The summed E-state index contributed by atoms with van der Waals surface area (Å²) in [5.74, 6) is -0.0660. The summed E-state index contributed by atoms with van der Waals surface area (Å²) in [6, 6.07) is 6.54. The van der Waals surface area contributed by atoms with Crippen molar-refractivity contribution in [3.63, 3.8) is 0 Å². The molecule has 0 aromatic heterocycles. The summed E-state index contributed by atoms with van der Waals surface area (Å²) in [7, 11) is 0. The van der Waals surface area contributed by atoms with E-state index in [4.69, 9.17) is 0 Å². The van der Waals surface area contributed by atoms with E-state index in [0.717, 1.165) is 31.5 Å². The molecular formula is C18H27FN2O2. The molecule has 1 fully saturated rings. The predicted octanol–water partition coefficient (Wildman–Crippen LogP) is 2.63. The molecule has 2 unspecified atom stereocenters. The number of aliphatic hydroxyl groups excluding tert-OH is 1. The van der Waals surface area contributed by atoms with Gasteiger partial charge in [0.1, 0.15) is 5.82 Å². The van der Waals surface area contributed by atoms with Gasteiger partial charge in [-0.1, -0.05) is 19.1 Å². The summed E-state index contributed by atoms with van der Waals surface area (Å²) in [4.78, 5) is 13.6. The maximum atomic E-state index is 12.9. The van der Waals surface area contributed by atoms with E-state index in [0.29, 0.717) is 18.9 Å². The van der Waals surface area contributed by atoms with Crippen LogP contribution in [-0.4, -0.2) is 41.1 Å². The van der Waals surface area contributed by atoms with Crippen LogP contribution in [-0.2, 0) is 4.79 Å². The van der Waals surface area contributed by atoms with Gasteiger partial charge in [-0.3, -0.25) is 4.79 Å². The monoisotopic (exact) mass is 322 g/mol. The van der Waals surface area contributed by atoms with Gasteiger partial charge in [-0.15, -0.1) is 0 Å². The molecule has 0 bridgehead atoms. The molecule has 1 amide bonds. The predicted molar refractivity (Wildman–Crippen MR) is 88.5 cm³/mol. The molecule has 4 nitrogen and oxygen atoms in total. The van der Waals surface area contributed by atoms with Gasteiger partial charge in [0.15, 0.2) is 0 Å². The molecule has 1 aromatic rings. The Morgan fingerprint density at radius 1 is 1.35 bits per heavy atom. The van der Waals surface area contributed by atoms with Gasteiger partial charge in [0.05, 0.1) is 6.10 Å². The third-order valence-corrected chi connectivity index (χ3v) is 4.50. The quantitative estimate of drug-likeness (QED) is 0.846. The molecule has 2 atom stereocenters. The van der Waals surface area contributed by atoms with Crippen LogP contribution < -0.4 is 5.32 Å². The normalized spacial score (nSPS) is 18.7. The second-order valence-electron chi connectivity index (χ2n) is 6.38. The van der Waals surface area contributed by atoms with Crippen LogP contribution in [0, 0.1) is 5.82 Å². The van der Waals surface area contributed by atoms with E-state index in [9.17, 15) is 14.3 Å². The van der Waals surface area contributed by atoms with E-state index in [2.05, 4.69) is 12.2 Å². The Kier molecular flexibility index (Phi) is 6.54. The summed E-state index contributed by atoms with van der Waals surface area (Å²) in [6.45, 7) is 5.55. The van der Waals surface area contributed by atoms with Crippen molar-refractivity contribution < 1.29 is 14.3 Å². The van der Waals surface area contributed by atoms with Gasteiger partial charge in [-0.05, 0) is 43.9 Å². The van der Waals surface area contributed by atoms with E-state index in [1.54, 1.807) is 12.1 Å². The van der Waals surface area contributed by atoms with Crippen molar-refractivity contribution in [3.05, 3.63) is 35.6 Å². The highest BCUT2D eigenvalue weighted by molar-refractivity contribution is 5.75. The number of nitrogens with zero attached hydrogens (tertiary/aromatic N) is 1. The molecule has 1 saturated heterocycles. The van der Waals surface area contributed by atoms with Gasteiger partial charge >= 0.3 is 0 Å². The highest BCUT2D eigenvalue weighted by Crippen LogP contribution is 2.20. The van der Waals surface area contributed by atoms with Crippen LogP contribution in [0.4, 0.5) is 4.39 Å². The largest absolute Gasteiger partial charge is 0.388 e. The van der Waals surface area contributed by atoms with Crippen molar-refractivity contribution in [1.82, 2.24) is 10.2 Å². The first-order valence-electron chi connectivity index (χ1n) is 8.47. The second-order valence-corrected chi connectivity index (χ2v) is 6.38. The number of amides is 1. The maximum Gasteiger partial charge on any atom is 0.222 e. The molecular weight excluding hydrogens is 295 g/mol. The zero-order valence-electron chi connectivity index (χ0n) is 14.0. The number of aliphatic hydroxyl groups is 1. The topological polar surface area (TPSA) is 52.6 Å². The van der Waals surface area contributed by atoms with Crippen molar-refractivity contribution in [2.75, 3.05) is 13.1 Å². The minimum absolute atomic E-state index is 0.161. The number of hydrogen-bond acceptors (Lipinski definition) is 3. The number of nitrogens with one attached hydrogen (secondary N) is 1. The third kappa shape index (κ3) is 5.29. The lowest BCUT2D eigenvalue weighted by Gasteiger charge is -2.34. The lowest BCUT2D eigenvalue weighted by atomic mass is 9.99. The molecule has 128 valence electrons. The van der Waals surface area contributed by atoms with Crippen molar-refractivity contribution >= 4 is 5.91 Å². The molecule has 1 heterocycles. The Labute approximate surface area is 137 Å². The summed E-state index contributed by atoms with van der Waals surface area (Å²) in [6.07, 6.45) is 2.45. The second kappa shape index (κ2) is 8.41. The molecule has 1 aliphatic rings. The first-order valence-corrected chi connectivity index (χ1v) is 8.47. The standard InChI is InChI=1S/C18H27FN2O2/c1-3-18(23)21-10-8-16(9-11-21)20-13(2)12-17(22)14-4-6-15(19)7-5-14/h4-7,13,16-17,20,22H,3,8-12H2,1-2H3. The number of halogens is 1. The highest BCUT2D eigenvalue weighted by atomic mass is 19.1. The van der Waals surface area contributed by atoms with Crippen LogP contribution in [0.3, 0.4) is 0 Å². The molecule has 5 heteroatoms. The van der Waals surface area contributed by atoms with Crippen molar-refractivity contribution in [2.24, 2.45) is 0 Å². The van der Waals surface area contributed by atoms with Crippen LogP contribution in [0.5, 0.6) is 0 Å². The van der Waals surface area contributed by atoms with Crippen molar-refractivity contribution in [2.45, 2.75) is 57.7 Å². The number of likely N-dealkylation sites (tertiary alicyclic amines) is 1. The van der Waals surface area contributed by atoms with E-state index in [-0.39, 0.29) is 17.8 Å². The molecule has 23 heavy (non-hydrogen) atoms. The van der Waals surface area contributed by atoms with E-state index < -0.39 is 6.10 Å². The summed E-state index contributed by atoms with van der Waals surface area (Å²) >= 11 is 0. The summed E-state index contributed by atoms with van der Waals surface area (Å²) in [5, 5.41) is 13.8. The molecule has 1 aliphatic heterocycles. The average Bonchev–Trinajstić information content (AvgIpc) is 2.55. The van der Waals surface area contributed by atoms with Crippen LogP contribution in [0.2, 0.25) is 0 Å². The van der Waals surface area contributed by atoms with Gasteiger partial charge in [0.25, 0.3) is 0 Å². The molecule has 0 aliphatic carbocycles. The smallest absolute Gasteiger partial charge is 0.222 e. The molecule has 2 N–H and O–H groups in total. The number of hydrogen-bond donors (Lipinski definition) is 2. The summed E-state index contributed by atoms with van der Waals surface area (Å²) in [5.41, 5.74) is 0.739. The molecule has 0 radical (unpaired) electrons. The fraction of sp³-hybridized carbons (Fsp3) is 0.611. The third-order valence-electron chi connectivity index (χ3n) is 4.50. The summed E-state index contributed by atoms with van der Waals surface area (Å²) < 4.78 is 12.9. The number of piperidine rings is 1. The molecule has 0 saturated carbocycles. The SMILES string of the molecule is CCC(=O)N1CCC(NC(C)CC(O)c2ccc(F)cc2)CC1. The van der Waals surface area contributed by atoms with Crippen LogP contribution >= 0.6 is 0 Å². The first-order chi connectivity index (χ1) is 11.0. The van der Waals surface area contributed by atoms with Crippen molar-refractivity contribution in [1.29, 1.82) is 0 Å². The fourth-order valence-electron chi connectivity index (χ4n) is 3.15. The Balaban J connectivity index is 1.76. The van der Waals surface area contributed by atoms with Crippen LogP contribution in [0.15, 0.2) is 24.3 Å². The van der Waals surface area contributed by atoms with Gasteiger partial charge in [-0.2, -0.15) is 0 Å².